The molecule has 2 aromatic rings. The Morgan fingerprint density at radius 3 is 2.32 bits per heavy atom. The van der Waals surface area contributed by atoms with Gasteiger partial charge in [-0.05, 0) is 48.2 Å². The lowest BCUT2D eigenvalue weighted by Gasteiger charge is -2.21. The molecule has 0 atom stereocenters. The molecule has 1 N–H and O–H groups in total. The number of pyridine rings is 1. The van der Waals surface area contributed by atoms with Crippen LogP contribution in [0.5, 0.6) is 0 Å². The molecule has 4 nitrogen and oxygen atoms in total. The maximum atomic E-state index is 12.4. The second-order valence-electron chi connectivity index (χ2n) is 5.58. The van der Waals surface area contributed by atoms with Crippen LogP contribution in [0.15, 0.2) is 48.8 Å². The van der Waals surface area contributed by atoms with E-state index in [-0.39, 0.29) is 6.03 Å². The summed E-state index contributed by atoms with van der Waals surface area (Å²) in [4.78, 5) is 18.1. The van der Waals surface area contributed by atoms with E-state index >= 15 is 0 Å². The average Bonchev–Trinajstić information content (AvgIpc) is 2.54. The Hall–Kier alpha value is -2.36. The molecule has 1 aromatic carbocycles. The van der Waals surface area contributed by atoms with Crippen LogP contribution >= 0.6 is 0 Å². The number of aromatic nitrogens is 1. The molecule has 0 saturated heterocycles. The molecule has 1 heterocycles. The van der Waals surface area contributed by atoms with Crippen molar-refractivity contribution < 1.29 is 4.79 Å². The van der Waals surface area contributed by atoms with Gasteiger partial charge in [-0.1, -0.05) is 26.0 Å². The molecule has 22 heavy (non-hydrogen) atoms. The fourth-order valence-corrected chi connectivity index (χ4v) is 2.19. The minimum absolute atomic E-state index is 0.0865. The SMILES string of the molecule is CCN(Cc1ccncc1)C(=O)Nc1ccc(C(C)C)cc1. The zero-order valence-electron chi connectivity index (χ0n) is 13.4. The van der Waals surface area contributed by atoms with E-state index in [9.17, 15) is 4.79 Å². The van der Waals surface area contributed by atoms with E-state index in [0.29, 0.717) is 19.0 Å². The highest BCUT2D eigenvalue weighted by Crippen LogP contribution is 2.17. The lowest BCUT2D eigenvalue weighted by Crippen LogP contribution is -2.34. The zero-order chi connectivity index (χ0) is 15.9. The predicted octanol–water partition coefficient (Wildman–Crippen LogP) is 4.26. The quantitative estimate of drug-likeness (QED) is 0.896. The van der Waals surface area contributed by atoms with Gasteiger partial charge in [-0.15, -0.1) is 0 Å². The van der Waals surface area contributed by atoms with Crippen LogP contribution in [0.4, 0.5) is 10.5 Å². The summed E-state index contributed by atoms with van der Waals surface area (Å²) in [5.41, 5.74) is 3.16. The van der Waals surface area contributed by atoms with Crippen molar-refractivity contribution in [2.45, 2.75) is 33.2 Å². The van der Waals surface area contributed by atoms with Gasteiger partial charge in [-0.3, -0.25) is 4.98 Å². The Balaban J connectivity index is 2.00. The van der Waals surface area contributed by atoms with Crippen molar-refractivity contribution in [1.29, 1.82) is 0 Å². The summed E-state index contributed by atoms with van der Waals surface area (Å²) >= 11 is 0. The van der Waals surface area contributed by atoms with Gasteiger partial charge in [0.15, 0.2) is 0 Å². The summed E-state index contributed by atoms with van der Waals surface area (Å²) < 4.78 is 0. The Kier molecular flexibility index (Phi) is 5.53. The van der Waals surface area contributed by atoms with Crippen LogP contribution in [0.1, 0.15) is 37.8 Å². The monoisotopic (exact) mass is 297 g/mol. The number of nitrogens with zero attached hydrogens (tertiary/aromatic N) is 2. The van der Waals surface area contributed by atoms with Crippen molar-refractivity contribution in [3.63, 3.8) is 0 Å². The van der Waals surface area contributed by atoms with Crippen molar-refractivity contribution in [2.24, 2.45) is 0 Å². The normalized spacial score (nSPS) is 10.5. The number of rotatable bonds is 5. The van der Waals surface area contributed by atoms with Gasteiger partial charge in [-0.25, -0.2) is 4.79 Å². The van der Waals surface area contributed by atoms with Gasteiger partial charge < -0.3 is 10.2 Å². The molecule has 0 fully saturated rings. The maximum Gasteiger partial charge on any atom is 0.322 e. The topological polar surface area (TPSA) is 45.2 Å². The van der Waals surface area contributed by atoms with Crippen LogP contribution < -0.4 is 5.32 Å². The average molecular weight is 297 g/mol. The largest absolute Gasteiger partial charge is 0.322 e. The van der Waals surface area contributed by atoms with E-state index < -0.39 is 0 Å². The van der Waals surface area contributed by atoms with Crippen LogP contribution in [-0.2, 0) is 6.54 Å². The Morgan fingerprint density at radius 2 is 1.77 bits per heavy atom. The van der Waals surface area contributed by atoms with E-state index in [2.05, 4.69) is 36.3 Å². The molecule has 2 amide bonds. The molecule has 0 bridgehead atoms. The molecule has 1 aromatic heterocycles. The number of benzene rings is 1. The molecule has 2 rings (SSSR count). The first-order valence-corrected chi connectivity index (χ1v) is 7.65. The molecular formula is C18H23N3O. The van der Waals surface area contributed by atoms with Crippen LogP contribution in [0, 0.1) is 0 Å². The highest BCUT2D eigenvalue weighted by Gasteiger charge is 2.12. The standard InChI is InChI=1S/C18H23N3O/c1-4-21(13-15-9-11-19-12-10-15)18(22)20-17-7-5-16(6-8-17)14(2)3/h5-12,14H,4,13H2,1-3H3,(H,20,22). The first-order valence-electron chi connectivity index (χ1n) is 7.65. The number of hydrogen-bond acceptors (Lipinski definition) is 2. The minimum atomic E-state index is -0.0865. The van der Waals surface area contributed by atoms with Gasteiger partial charge in [-0.2, -0.15) is 0 Å². The summed E-state index contributed by atoms with van der Waals surface area (Å²) in [6.45, 7) is 7.51. The number of anilines is 1. The van der Waals surface area contributed by atoms with Gasteiger partial charge in [0.25, 0.3) is 0 Å². The van der Waals surface area contributed by atoms with Gasteiger partial charge in [0.1, 0.15) is 0 Å². The second-order valence-corrected chi connectivity index (χ2v) is 5.58. The van der Waals surface area contributed by atoms with Gasteiger partial charge in [0.2, 0.25) is 0 Å². The van der Waals surface area contributed by atoms with E-state index in [1.807, 2.05) is 31.2 Å². The molecule has 0 aliphatic heterocycles. The number of carbonyl (C=O) groups is 1. The van der Waals surface area contributed by atoms with E-state index in [4.69, 9.17) is 0 Å². The van der Waals surface area contributed by atoms with Crippen molar-refractivity contribution >= 4 is 11.7 Å². The van der Waals surface area contributed by atoms with Gasteiger partial charge in [0, 0.05) is 31.2 Å². The van der Waals surface area contributed by atoms with E-state index in [0.717, 1.165) is 11.3 Å². The van der Waals surface area contributed by atoms with Crippen LogP contribution in [0.25, 0.3) is 0 Å². The summed E-state index contributed by atoms with van der Waals surface area (Å²) in [7, 11) is 0. The first-order chi connectivity index (χ1) is 10.6. The molecule has 0 aliphatic carbocycles. The summed E-state index contributed by atoms with van der Waals surface area (Å²) in [6, 6.07) is 11.8. The number of urea groups is 1. The molecule has 0 radical (unpaired) electrons. The van der Waals surface area contributed by atoms with Crippen LogP contribution in [-0.4, -0.2) is 22.5 Å². The fourth-order valence-electron chi connectivity index (χ4n) is 2.19. The first kappa shape index (κ1) is 16.0. The molecule has 116 valence electrons. The summed E-state index contributed by atoms with van der Waals surface area (Å²) in [5.74, 6) is 0.489. The number of carbonyl (C=O) groups excluding carboxylic acids is 1. The predicted molar refractivity (Wildman–Crippen MR) is 89.9 cm³/mol. The third-order valence-electron chi connectivity index (χ3n) is 3.62. The van der Waals surface area contributed by atoms with Crippen molar-refractivity contribution in [3.05, 3.63) is 59.9 Å². The molecule has 0 spiro atoms. The third kappa shape index (κ3) is 4.32. The zero-order valence-corrected chi connectivity index (χ0v) is 13.4. The Labute approximate surface area is 132 Å². The van der Waals surface area contributed by atoms with E-state index in [1.165, 1.54) is 5.56 Å². The molecular weight excluding hydrogens is 274 g/mol. The number of amides is 2. The van der Waals surface area contributed by atoms with Gasteiger partial charge in [0.05, 0.1) is 0 Å². The third-order valence-corrected chi connectivity index (χ3v) is 3.62. The lowest BCUT2D eigenvalue weighted by molar-refractivity contribution is 0.212. The van der Waals surface area contributed by atoms with Crippen molar-refractivity contribution in [2.75, 3.05) is 11.9 Å². The summed E-state index contributed by atoms with van der Waals surface area (Å²) in [6.07, 6.45) is 3.48. The summed E-state index contributed by atoms with van der Waals surface area (Å²) in [5, 5.41) is 2.95. The van der Waals surface area contributed by atoms with Crippen LogP contribution in [0.3, 0.4) is 0 Å². The Bertz CT molecular complexity index is 593. The second kappa shape index (κ2) is 7.59. The lowest BCUT2D eigenvalue weighted by atomic mass is 10.0. The maximum absolute atomic E-state index is 12.4. The van der Waals surface area contributed by atoms with Crippen LogP contribution in [0.2, 0.25) is 0 Å². The molecule has 4 heteroatoms. The highest BCUT2D eigenvalue weighted by atomic mass is 16.2. The highest BCUT2D eigenvalue weighted by molar-refractivity contribution is 5.89. The van der Waals surface area contributed by atoms with Gasteiger partial charge >= 0.3 is 6.03 Å². The number of nitrogens with one attached hydrogen (secondary N) is 1. The number of hydrogen-bond donors (Lipinski definition) is 1. The van der Waals surface area contributed by atoms with E-state index in [1.54, 1.807) is 17.3 Å². The smallest absolute Gasteiger partial charge is 0.320 e. The molecule has 0 unspecified atom stereocenters. The molecule has 0 saturated carbocycles. The van der Waals surface area contributed by atoms with Crippen molar-refractivity contribution in [1.82, 2.24) is 9.88 Å². The molecule has 0 aliphatic rings. The fraction of sp³-hybridized carbons (Fsp3) is 0.333. The Morgan fingerprint density at radius 1 is 1.14 bits per heavy atom. The minimum Gasteiger partial charge on any atom is -0.320 e. The van der Waals surface area contributed by atoms with Crippen molar-refractivity contribution in [3.8, 4) is 0 Å².